The van der Waals surface area contributed by atoms with Crippen molar-refractivity contribution in [2.24, 2.45) is 11.8 Å². The third-order valence-electron chi connectivity index (χ3n) is 2.24. The molecule has 2 atom stereocenters. The number of ketones is 1. The van der Waals surface area contributed by atoms with Crippen LogP contribution in [-0.2, 0) is 9.59 Å². The first-order valence-electron chi connectivity index (χ1n) is 3.96. The zero-order valence-electron chi connectivity index (χ0n) is 7.20. The number of aliphatic carboxylic acids is 1. The third kappa shape index (κ3) is 1.55. The van der Waals surface area contributed by atoms with E-state index in [1.54, 1.807) is 13.8 Å². The Morgan fingerprint density at radius 2 is 2.25 bits per heavy atom. The summed E-state index contributed by atoms with van der Waals surface area (Å²) in [5, 5.41) is 8.81. The maximum Gasteiger partial charge on any atom is 0.310 e. The van der Waals surface area contributed by atoms with E-state index in [2.05, 4.69) is 0 Å². The fourth-order valence-electron chi connectivity index (χ4n) is 1.72. The van der Waals surface area contributed by atoms with Gasteiger partial charge in [-0.15, -0.1) is 0 Å². The van der Waals surface area contributed by atoms with Crippen molar-refractivity contribution in [1.82, 2.24) is 0 Å². The predicted octanol–water partition coefficient (Wildman–Crippen LogP) is 1.24. The van der Waals surface area contributed by atoms with E-state index in [0.29, 0.717) is 12.0 Å². The van der Waals surface area contributed by atoms with Crippen molar-refractivity contribution < 1.29 is 14.7 Å². The molecule has 0 fully saturated rings. The second-order valence-corrected chi connectivity index (χ2v) is 3.35. The van der Waals surface area contributed by atoms with Crippen LogP contribution < -0.4 is 0 Å². The molecular weight excluding hydrogens is 156 g/mol. The zero-order valence-corrected chi connectivity index (χ0v) is 7.20. The number of allylic oxidation sites excluding steroid dienone is 1. The summed E-state index contributed by atoms with van der Waals surface area (Å²) in [5.74, 6) is -1.33. The van der Waals surface area contributed by atoms with Crippen molar-refractivity contribution in [3.8, 4) is 0 Å². The topological polar surface area (TPSA) is 54.4 Å². The molecule has 0 saturated heterocycles. The highest BCUT2D eigenvalue weighted by atomic mass is 16.4. The van der Waals surface area contributed by atoms with Crippen LogP contribution in [0.5, 0.6) is 0 Å². The van der Waals surface area contributed by atoms with Crippen molar-refractivity contribution in [2.45, 2.75) is 20.3 Å². The summed E-state index contributed by atoms with van der Waals surface area (Å²) >= 11 is 0. The SMILES string of the molecule is CC1=CC(=O)CC(C)C1C(=O)O. The minimum absolute atomic E-state index is 0.0394. The van der Waals surface area contributed by atoms with Gasteiger partial charge < -0.3 is 5.11 Å². The maximum absolute atomic E-state index is 11.0. The Kier molecular flexibility index (Phi) is 2.31. The van der Waals surface area contributed by atoms with Crippen LogP contribution >= 0.6 is 0 Å². The van der Waals surface area contributed by atoms with E-state index in [1.165, 1.54) is 6.08 Å². The van der Waals surface area contributed by atoms with Crippen LogP contribution in [0.1, 0.15) is 20.3 Å². The molecule has 0 amide bonds. The fourth-order valence-corrected chi connectivity index (χ4v) is 1.72. The van der Waals surface area contributed by atoms with E-state index in [0.717, 1.165) is 0 Å². The van der Waals surface area contributed by atoms with Crippen molar-refractivity contribution in [3.63, 3.8) is 0 Å². The Morgan fingerprint density at radius 3 is 2.67 bits per heavy atom. The van der Waals surface area contributed by atoms with Gasteiger partial charge in [0.2, 0.25) is 0 Å². The van der Waals surface area contributed by atoms with Gasteiger partial charge in [0.05, 0.1) is 5.92 Å². The average Bonchev–Trinajstić information content (AvgIpc) is 1.82. The highest BCUT2D eigenvalue weighted by molar-refractivity contribution is 5.93. The molecule has 66 valence electrons. The first-order valence-corrected chi connectivity index (χ1v) is 3.96. The lowest BCUT2D eigenvalue weighted by atomic mass is 9.80. The highest BCUT2D eigenvalue weighted by Gasteiger charge is 2.31. The van der Waals surface area contributed by atoms with Crippen LogP contribution in [0.15, 0.2) is 11.6 Å². The summed E-state index contributed by atoms with van der Waals surface area (Å²) in [6.45, 7) is 3.50. The lowest BCUT2D eigenvalue weighted by molar-refractivity contribution is -0.142. The van der Waals surface area contributed by atoms with Gasteiger partial charge in [0.15, 0.2) is 5.78 Å². The molecule has 3 heteroatoms. The summed E-state index contributed by atoms with van der Waals surface area (Å²) in [6.07, 6.45) is 1.80. The molecule has 1 N–H and O–H groups in total. The molecular formula is C9H12O3. The van der Waals surface area contributed by atoms with Crippen molar-refractivity contribution in [3.05, 3.63) is 11.6 Å². The number of hydrogen-bond donors (Lipinski definition) is 1. The average molecular weight is 168 g/mol. The van der Waals surface area contributed by atoms with Crippen LogP contribution in [0.3, 0.4) is 0 Å². The van der Waals surface area contributed by atoms with E-state index in [9.17, 15) is 9.59 Å². The van der Waals surface area contributed by atoms with E-state index >= 15 is 0 Å². The zero-order chi connectivity index (χ0) is 9.30. The van der Waals surface area contributed by atoms with Gasteiger partial charge in [-0.1, -0.05) is 12.5 Å². The number of carboxylic acids is 1. The van der Waals surface area contributed by atoms with Gasteiger partial charge in [-0.3, -0.25) is 9.59 Å². The number of carbonyl (C=O) groups is 2. The van der Waals surface area contributed by atoms with Crippen molar-refractivity contribution in [2.75, 3.05) is 0 Å². The Labute approximate surface area is 71.1 Å². The van der Waals surface area contributed by atoms with Crippen molar-refractivity contribution in [1.29, 1.82) is 0 Å². The molecule has 0 heterocycles. The Hall–Kier alpha value is -1.12. The number of rotatable bonds is 1. The van der Waals surface area contributed by atoms with E-state index in [1.807, 2.05) is 0 Å². The molecule has 0 saturated carbocycles. The van der Waals surface area contributed by atoms with Crippen LogP contribution in [0, 0.1) is 11.8 Å². The smallest absolute Gasteiger partial charge is 0.310 e. The summed E-state index contributed by atoms with van der Waals surface area (Å²) in [6, 6.07) is 0. The quantitative estimate of drug-likeness (QED) is 0.641. The molecule has 0 radical (unpaired) electrons. The van der Waals surface area contributed by atoms with Gasteiger partial charge in [0, 0.05) is 6.42 Å². The van der Waals surface area contributed by atoms with Gasteiger partial charge in [-0.25, -0.2) is 0 Å². The summed E-state index contributed by atoms with van der Waals surface area (Å²) in [7, 11) is 0. The first-order chi connectivity index (χ1) is 5.52. The van der Waals surface area contributed by atoms with E-state index in [4.69, 9.17) is 5.11 Å². The van der Waals surface area contributed by atoms with Crippen LogP contribution in [0.2, 0.25) is 0 Å². The van der Waals surface area contributed by atoms with Gasteiger partial charge in [0.1, 0.15) is 0 Å². The monoisotopic (exact) mass is 168 g/mol. The molecule has 0 aromatic heterocycles. The Morgan fingerprint density at radius 1 is 1.67 bits per heavy atom. The standard InChI is InChI=1S/C9H12O3/c1-5-3-7(10)4-6(2)8(5)9(11)12/h3,6,8H,4H2,1-2H3,(H,11,12). The van der Waals surface area contributed by atoms with E-state index in [-0.39, 0.29) is 11.7 Å². The predicted molar refractivity (Wildman–Crippen MR) is 43.7 cm³/mol. The Balaban J connectivity index is 2.93. The molecule has 3 nitrogen and oxygen atoms in total. The fraction of sp³-hybridized carbons (Fsp3) is 0.556. The molecule has 1 aliphatic carbocycles. The van der Waals surface area contributed by atoms with Crippen LogP contribution in [0.4, 0.5) is 0 Å². The second kappa shape index (κ2) is 3.09. The summed E-state index contributed by atoms with van der Waals surface area (Å²) in [5.41, 5.74) is 0.672. The minimum Gasteiger partial charge on any atom is -0.481 e. The summed E-state index contributed by atoms with van der Waals surface area (Å²) in [4.78, 5) is 21.7. The molecule has 0 spiro atoms. The molecule has 0 aliphatic heterocycles. The van der Waals surface area contributed by atoms with Crippen molar-refractivity contribution >= 4 is 11.8 Å². The molecule has 2 unspecified atom stereocenters. The normalized spacial score (nSPS) is 29.8. The number of carbonyl (C=O) groups excluding carboxylic acids is 1. The summed E-state index contributed by atoms with van der Waals surface area (Å²) < 4.78 is 0. The first kappa shape index (κ1) is 8.97. The number of carboxylic acid groups (broad SMARTS) is 1. The van der Waals surface area contributed by atoms with Crippen LogP contribution in [-0.4, -0.2) is 16.9 Å². The van der Waals surface area contributed by atoms with Gasteiger partial charge >= 0.3 is 5.97 Å². The largest absolute Gasteiger partial charge is 0.481 e. The van der Waals surface area contributed by atoms with Gasteiger partial charge in [-0.2, -0.15) is 0 Å². The maximum atomic E-state index is 11.0. The number of hydrogen-bond acceptors (Lipinski definition) is 2. The van der Waals surface area contributed by atoms with E-state index < -0.39 is 11.9 Å². The highest BCUT2D eigenvalue weighted by Crippen LogP contribution is 2.28. The van der Waals surface area contributed by atoms with Crippen LogP contribution in [0.25, 0.3) is 0 Å². The van der Waals surface area contributed by atoms with Gasteiger partial charge in [-0.05, 0) is 18.9 Å². The third-order valence-corrected chi connectivity index (χ3v) is 2.24. The minimum atomic E-state index is -0.830. The molecule has 0 bridgehead atoms. The molecule has 1 aliphatic rings. The lowest BCUT2D eigenvalue weighted by Crippen LogP contribution is -2.28. The molecule has 0 aromatic carbocycles. The lowest BCUT2D eigenvalue weighted by Gasteiger charge is -2.23. The Bertz CT molecular complexity index is 252. The molecule has 1 rings (SSSR count). The molecule has 12 heavy (non-hydrogen) atoms. The molecule has 0 aromatic rings. The van der Waals surface area contributed by atoms with Gasteiger partial charge in [0.25, 0.3) is 0 Å². The second-order valence-electron chi connectivity index (χ2n) is 3.35.